The van der Waals surface area contributed by atoms with Crippen LogP contribution >= 0.6 is 0 Å². The van der Waals surface area contributed by atoms with Crippen LogP contribution in [0.2, 0.25) is 0 Å². The van der Waals surface area contributed by atoms with Gasteiger partial charge in [-0.05, 0) is 25.3 Å². The van der Waals surface area contributed by atoms with Crippen LogP contribution < -0.4 is 4.72 Å². The Labute approximate surface area is 91.6 Å². The highest BCUT2D eigenvalue weighted by molar-refractivity contribution is 7.89. The van der Waals surface area contributed by atoms with Crippen LogP contribution in [0, 0.1) is 0 Å². The quantitative estimate of drug-likeness (QED) is 0.739. The van der Waals surface area contributed by atoms with Gasteiger partial charge in [0, 0.05) is 6.54 Å². The van der Waals surface area contributed by atoms with Crippen LogP contribution in [-0.4, -0.2) is 20.7 Å². The van der Waals surface area contributed by atoms with E-state index in [0.29, 0.717) is 13.0 Å². The van der Waals surface area contributed by atoms with Crippen LogP contribution in [-0.2, 0) is 16.4 Å². The Kier molecular flexibility index (Phi) is 4.78. The Morgan fingerprint density at radius 2 is 1.87 bits per heavy atom. The summed E-state index contributed by atoms with van der Waals surface area (Å²) >= 11 is 0. The number of benzene rings is 1. The molecule has 0 N–H and O–H groups in total. The van der Waals surface area contributed by atoms with Crippen molar-refractivity contribution in [3.63, 3.8) is 0 Å². The van der Waals surface area contributed by atoms with E-state index >= 15 is 0 Å². The molecular weight excluding hydrogens is 210 g/mol. The normalized spacial score (nSPS) is 11.5. The maximum atomic E-state index is 11.3. The molecule has 1 rings (SSSR count). The predicted octanol–water partition coefficient (Wildman–Crippen LogP) is 1.57. The van der Waals surface area contributed by atoms with E-state index in [2.05, 4.69) is 4.72 Å². The summed E-state index contributed by atoms with van der Waals surface area (Å²) < 4.78 is 26.1. The third-order valence-corrected chi connectivity index (χ3v) is 3.49. The molecule has 0 fully saturated rings. The molecule has 0 heterocycles. The third-order valence-electron chi connectivity index (χ3n) is 2.04. The van der Waals surface area contributed by atoms with Crippen molar-refractivity contribution in [3.05, 3.63) is 35.9 Å². The third kappa shape index (κ3) is 4.95. The van der Waals surface area contributed by atoms with E-state index in [1.54, 1.807) is 6.92 Å². The van der Waals surface area contributed by atoms with E-state index in [1.807, 2.05) is 30.3 Å². The molecule has 0 amide bonds. The molecular formula is C11H16NO2S. The maximum Gasteiger partial charge on any atom is 0.227 e. The molecule has 15 heavy (non-hydrogen) atoms. The van der Waals surface area contributed by atoms with Gasteiger partial charge in [-0.3, -0.25) is 0 Å². The summed E-state index contributed by atoms with van der Waals surface area (Å²) in [5.41, 5.74) is 1.17. The fraction of sp³-hybridized carbons (Fsp3) is 0.455. The molecule has 1 aromatic carbocycles. The number of hydrogen-bond acceptors (Lipinski definition) is 2. The minimum absolute atomic E-state index is 0.149. The first-order valence-electron chi connectivity index (χ1n) is 5.09. The lowest BCUT2D eigenvalue weighted by Crippen LogP contribution is -2.19. The highest BCUT2D eigenvalue weighted by atomic mass is 32.2. The smallest absolute Gasteiger partial charge is 0.211 e. The zero-order chi connectivity index (χ0) is 11.1. The molecule has 4 heteroatoms. The lowest BCUT2D eigenvalue weighted by Gasteiger charge is -2.02. The minimum Gasteiger partial charge on any atom is -0.211 e. The minimum atomic E-state index is -3.18. The zero-order valence-electron chi connectivity index (χ0n) is 8.89. The molecule has 0 atom stereocenters. The molecule has 0 aromatic heterocycles. The van der Waals surface area contributed by atoms with Crippen LogP contribution in [0.5, 0.6) is 0 Å². The molecule has 0 saturated carbocycles. The molecule has 0 aliphatic carbocycles. The van der Waals surface area contributed by atoms with Crippen LogP contribution in [0.1, 0.15) is 18.9 Å². The highest BCUT2D eigenvalue weighted by Crippen LogP contribution is 2.03. The number of hydrogen-bond donors (Lipinski definition) is 0. The van der Waals surface area contributed by atoms with Gasteiger partial charge < -0.3 is 0 Å². The van der Waals surface area contributed by atoms with Crippen molar-refractivity contribution in [1.82, 2.24) is 4.72 Å². The second-order valence-corrected chi connectivity index (χ2v) is 5.15. The Morgan fingerprint density at radius 1 is 1.20 bits per heavy atom. The van der Waals surface area contributed by atoms with Crippen molar-refractivity contribution < 1.29 is 8.42 Å². The van der Waals surface area contributed by atoms with Crippen LogP contribution in [0.25, 0.3) is 0 Å². The van der Waals surface area contributed by atoms with Gasteiger partial charge >= 0.3 is 0 Å². The summed E-state index contributed by atoms with van der Waals surface area (Å²) in [6.07, 6.45) is 1.43. The molecule has 1 aromatic rings. The van der Waals surface area contributed by atoms with Gasteiger partial charge in [-0.1, -0.05) is 30.3 Å². The molecule has 0 spiro atoms. The van der Waals surface area contributed by atoms with Gasteiger partial charge in [0.05, 0.1) is 5.75 Å². The van der Waals surface area contributed by atoms with E-state index < -0.39 is 10.0 Å². The van der Waals surface area contributed by atoms with Gasteiger partial charge in [0.25, 0.3) is 0 Å². The molecule has 1 radical (unpaired) electrons. The summed E-state index contributed by atoms with van der Waals surface area (Å²) in [7, 11) is -3.18. The van der Waals surface area contributed by atoms with Gasteiger partial charge in [-0.25, -0.2) is 8.42 Å². The van der Waals surface area contributed by atoms with E-state index in [0.717, 1.165) is 6.42 Å². The van der Waals surface area contributed by atoms with Crippen molar-refractivity contribution in [2.45, 2.75) is 19.8 Å². The molecule has 3 nitrogen and oxygen atoms in total. The van der Waals surface area contributed by atoms with E-state index in [1.165, 1.54) is 5.56 Å². The summed E-state index contributed by atoms with van der Waals surface area (Å²) in [5.74, 6) is 0.149. The Bertz CT molecular complexity index is 373. The van der Waals surface area contributed by atoms with E-state index in [-0.39, 0.29) is 5.75 Å². The topological polar surface area (TPSA) is 48.2 Å². The first-order chi connectivity index (χ1) is 7.14. The summed E-state index contributed by atoms with van der Waals surface area (Å²) in [6, 6.07) is 9.88. The van der Waals surface area contributed by atoms with E-state index in [9.17, 15) is 8.42 Å². The monoisotopic (exact) mass is 226 g/mol. The SMILES string of the molecule is CC[N]S(=O)(=O)CCCc1ccccc1. The number of nitrogens with zero attached hydrogens (tertiary/aromatic N) is 1. The fourth-order valence-electron chi connectivity index (χ4n) is 1.36. The second kappa shape index (κ2) is 5.88. The van der Waals surface area contributed by atoms with Gasteiger partial charge in [0.1, 0.15) is 0 Å². The second-order valence-electron chi connectivity index (χ2n) is 3.32. The highest BCUT2D eigenvalue weighted by Gasteiger charge is 2.09. The van der Waals surface area contributed by atoms with Crippen molar-refractivity contribution in [2.24, 2.45) is 0 Å². The average molecular weight is 226 g/mol. The van der Waals surface area contributed by atoms with Crippen LogP contribution in [0.15, 0.2) is 30.3 Å². The summed E-state index contributed by atoms with van der Waals surface area (Å²) in [4.78, 5) is 0. The van der Waals surface area contributed by atoms with Crippen LogP contribution in [0.4, 0.5) is 0 Å². The fourth-order valence-corrected chi connectivity index (χ4v) is 2.40. The first-order valence-corrected chi connectivity index (χ1v) is 6.70. The van der Waals surface area contributed by atoms with Crippen molar-refractivity contribution in [2.75, 3.05) is 12.3 Å². The maximum absolute atomic E-state index is 11.3. The number of sulfonamides is 1. The first kappa shape index (κ1) is 12.2. The van der Waals surface area contributed by atoms with Gasteiger partial charge in [0.15, 0.2) is 0 Å². The lowest BCUT2D eigenvalue weighted by atomic mass is 10.1. The number of aryl methyl sites for hydroxylation is 1. The van der Waals surface area contributed by atoms with Crippen LogP contribution in [0.3, 0.4) is 0 Å². The lowest BCUT2D eigenvalue weighted by molar-refractivity contribution is 0.579. The van der Waals surface area contributed by atoms with Crippen molar-refractivity contribution in [1.29, 1.82) is 0 Å². The average Bonchev–Trinajstić information content (AvgIpc) is 2.19. The standard InChI is InChI=1S/C11H16NO2S/c1-2-12-15(13,14)10-6-9-11-7-4-3-5-8-11/h3-5,7-8H,2,6,9-10H2,1H3. The largest absolute Gasteiger partial charge is 0.227 e. The molecule has 0 saturated heterocycles. The molecule has 0 aliphatic heterocycles. The summed E-state index contributed by atoms with van der Waals surface area (Å²) in [5, 5.41) is 0. The van der Waals surface area contributed by atoms with Gasteiger partial charge in [-0.15, -0.1) is 4.72 Å². The molecule has 0 aliphatic rings. The Hall–Kier alpha value is -0.870. The number of rotatable bonds is 6. The van der Waals surface area contributed by atoms with Gasteiger partial charge in [0.2, 0.25) is 10.0 Å². The zero-order valence-corrected chi connectivity index (χ0v) is 9.70. The Balaban J connectivity index is 2.34. The summed E-state index contributed by atoms with van der Waals surface area (Å²) in [6.45, 7) is 2.07. The van der Waals surface area contributed by atoms with Gasteiger partial charge in [-0.2, -0.15) is 0 Å². The molecule has 0 unspecified atom stereocenters. The van der Waals surface area contributed by atoms with Crippen molar-refractivity contribution >= 4 is 10.0 Å². The molecule has 0 bridgehead atoms. The molecule has 83 valence electrons. The van der Waals surface area contributed by atoms with E-state index in [4.69, 9.17) is 0 Å². The van der Waals surface area contributed by atoms with Crippen molar-refractivity contribution in [3.8, 4) is 0 Å². The predicted molar refractivity (Wildman–Crippen MR) is 61.2 cm³/mol. The Morgan fingerprint density at radius 3 is 2.47 bits per heavy atom.